The van der Waals surface area contributed by atoms with Crippen LogP contribution >= 0.6 is 0 Å². The standard InChI is InChI=1S/C25H28N4O4/c1-15(2)13-25(24(32)33)14-19(21(26)30)20(22-27-11-12-28(22)3)29(25)23(31)18-10-6-8-16-7-4-5-9-17(16)18/h4-12,15,19-20H,13-14H2,1-3H3,(H2,26,30)(H,32,33). The summed E-state index contributed by atoms with van der Waals surface area (Å²) < 4.78 is 1.71. The number of nitrogens with two attached hydrogens (primary N) is 1. The third-order valence-electron chi connectivity index (χ3n) is 6.55. The molecule has 1 aromatic heterocycles. The van der Waals surface area contributed by atoms with Crippen LogP contribution in [0.1, 0.15) is 48.9 Å². The number of aromatic nitrogens is 2. The van der Waals surface area contributed by atoms with Gasteiger partial charge in [0.05, 0.1) is 5.92 Å². The van der Waals surface area contributed by atoms with Crippen LogP contribution in [0.25, 0.3) is 10.8 Å². The number of hydrogen-bond acceptors (Lipinski definition) is 4. The quantitative estimate of drug-likeness (QED) is 0.601. The summed E-state index contributed by atoms with van der Waals surface area (Å²) >= 11 is 0. The van der Waals surface area contributed by atoms with Gasteiger partial charge in [-0.3, -0.25) is 9.59 Å². The van der Waals surface area contributed by atoms with Crippen LogP contribution in [0.4, 0.5) is 0 Å². The highest BCUT2D eigenvalue weighted by Crippen LogP contribution is 2.50. The molecule has 8 nitrogen and oxygen atoms in total. The van der Waals surface area contributed by atoms with Crippen molar-refractivity contribution in [1.29, 1.82) is 0 Å². The third-order valence-corrected chi connectivity index (χ3v) is 6.55. The number of amides is 2. The van der Waals surface area contributed by atoms with Crippen LogP contribution in [0, 0.1) is 11.8 Å². The van der Waals surface area contributed by atoms with Gasteiger partial charge >= 0.3 is 5.97 Å². The lowest BCUT2D eigenvalue weighted by atomic mass is 9.83. The lowest BCUT2D eigenvalue weighted by molar-refractivity contribution is -0.150. The average molecular weight is 449 g/mol. The Morgan fingerprint density at radius 1 is 1.18 bits per heavy atom. The Bertz CT molecular complexity index is 1230. The van der Waals surface area contributed by atoms with Crippen LogP contribution in [-0.4, -0.2) is 42.9 Å². The van der Waals surface area contributed by atoms with Crippen LogP contribution < -0.4 is 5.73 Å². The summed E-state index contributed by atoms with van der Waals surface area (Å²) in [6.07, 6.45) is 3.39. The number of primary amides is 1. The first kappa shape index (κ1) is 22.5. The Hall–Kier alpha value is -3.68. The molecule has 0 bridgehead atoms. The van der Waals surface area contributed by atoms with Crippen molar-refractivity contribution in [1.82, 2.24) is 14.5 Å². The van der Waals surface area contributed by atoms with Gasteiger partial charge < -0.3 is 20.3 Å². The van der Waals surface area contributed by atoms with Gasteiger partial charge in [-0.05, 0) is 35.6 Å². The lowest BCUT2D eigenvalue weighted by Crippen LogP contribution is -2.54. The highest BCUT2D eigenvalue weighted by Gasteiger charge is 2.61. The number of rotatable bonds is 6. The number of hydrogen-bond donors (Lipinski definition) is 2. The predicted molar refractivity (Wildman–Crippen MR) is 123 cm³/mol. The number of nitrogens with zero attached hydrogens (tertiary/aromatic N) is 3. The number of likely N-dealkylation sites (tertiary alicyclic amines) is 1. The second-order valence-electron chi connectivity index (χ2n) is 9.19. The normalized spacial score (nSPS) is 22.7. The molecule has 2 amide bonds. The first-order valence-electron chi connectivity index (χ1n) is 11.0. The van der Waals surface area contributed by atoms with E-state index in [0.29, 0.717) is 11.4 Å². The zero-order valence-corrected chi connectivity index (χ0v) is 18.9. The molecule has 8 heteroatoms. The number of aryl methyl sites for hydroxylation is 1. The molecule has 3 unspecified atom stereocenters. The summed E-state index contributed by atoms with van der Waals surface area (Å²) in [7, 11) is 1.75. The number of imidazole rings is 1. The van der Waals surface area contributed by atoms with Crippen LogP contribution in [0.15, 0.2) is 54.9 Å². The van der Waals surface area contributed by atoms with E-state index in [4.69, 9.17) is 5.73 Å². The number of carboxylic acid groups (broad SMARTS) is 1. The molecular formula is C25H28N4O4. The molecule has 4 rings (SSSR count). The fraction of sp³-hybridized carbons (Fsp3) is 0.360. The van der Waals surface area contributed by atoms with E-state index in [0.717, 1.165) is 10.8 Å². The molecule has 0 aliphatic carbocycles. The van der Waals surface area contributed by atoms with Gasteiger partial charge in [-0.25, -0.2) is 9.78 Å². The van der Waals surface area contributed by atoms with Gasteiger partial charge in [0.15, 0.2) is 0 Å². The number of carboxylic acids is 1. The molecule has 2 aromatic carbocycles. The minimum Gasteiger partial charge on any atom is -0.479 e. The summed E-state index contributed by atoms with van der Waals surface area (Å²) in [5.74, 6) is -2.75. The fourth-order valence-corrected chi connectivity index (χ4v) is 5.23. The summed E-state index contributed by atoms with van der Waals surface area (Å²) in [4.78, 5) is 45.4. The smallest absolute Gasteiger partial charge is 0.329 e. The van der Waals surface area contributed by atoms with Crippen LogP contribution in [-0.2, 0) is 16.6 Å². The molecule has 3 N–H and O–H groups in total. The van der Waals surface area contributed by atoms with Gasteiger partial charge in [0.1, 0.15) is 17.4 Å². The number of carbonyl (C=O) groups is 3. The molecule has 1 aliphatic rings. The molecule has 172 valence electrons. The number of aliphatic carboxylic acids is 1. The van der Waals surface area contributed by atoms with Crippen LogP contribution in [0.5, 0.6) is 0 Å². The number of fused-ring (bicyclic) bond motifs is 1. The highest BCUT2D eigenvalue weighted by atomic mass is 16.4. The highest BCUT2D eigenvalue weighted by molar-refractivity contribution is 6.09. The first-order valence-corrected chi connectivity index (χ1v) is 11.0. The Labute approximate surface area is 192 Å². The summed E-state index contributed by atoms with van der Waals surface area (Å²) in [6.45, 7) is 3.80. The van der Waals surface area contributed by atoms with Gasteiger partial charge in [0.25, 0.3) is 5.91 Å². The summed E-state index contributed by atoms with van der Waals surface area (Å²) in [5, 5.41) is 12.1. The Kier molecular flexibility index (Phi) is 5.69. The van der Waals surface area contributed by atoms with Gasteiger partial charge in [-0.15, -0.1) is 0 Å². The molecule has 3 atom stereocenters. The van der Waals surface area contributed by atoms with Crippen molar-refractivity contribution in [3.05, 3.63) is 66.2 Å². The van der Waals surface area contributed by atoms with Gasteiger partial charge in [-0.1, -0.05) is 50.2 Å². The summed E-state index contributed by atoms with van der Waals surface area (Å²) in [5.41, 5.74) is 4.56. The maximum atomic E-state index is 14.2. The Balaban J connectivity index is 1.99. The molecule has 0 saturated carbocycles. The Morgan fingerprint density at radius 2 is 1.88 bits per heavy atom. The van der Waals surface area contributed by atoms with Crippen molar-refractivity contribution >= 4 is 28.6 Å². The first-order chi connectivity index (χ1) is 15.7. The zero-order chi connectivity index (χ0) is 23.9. The largest absolute Gasteiger partial charge is 0.479 e. The molecule has 3 aromatic rings. The van der Waals surface area contributed by atoms with Gasteiger partial charge in [0.2, 0.25) is 5.91 Å². The fourth-order valence-electron chi connectivity index (χ4n) is 5.23. The maximum Gasteiger partial charge on any atom is 0.329 e. The monoisotopic (exact) mass is 448 g/mol. The topological polar surface area (TPSA) is 119 Å². The zero-order valence-electron chi connectivity index (χ0n) is 18.9. The number of carbonyl (C=O) groups excluding carboxylic acids is 2. The van der Waals surface area contributed by atoms with E-state index in [1.54, 1.807) is 36.1 Å². The second kappa shape index (κ2) is 8.35. The van der Waals surface area contributed by atoms with E-state index in [1.807, 2.05) is 44.2 Å². The van der Waals surface area contributed by atoms with Crippen molar-refractivity contribution in [3.63, 3.8) is 0 Å². The van der Waals surface area contributed by atoms with E-state index in [2.05, 4.69) is 4.98 Å². The Morgan fingerprint density at radius 3 is 2.48 bits per heavy atom. The number of benzene rings is 2. The third kappa shape index (κ3) is 3.65. The molecule has 0 radical (unpaired) electrons. The molecular weight excluding hydrogens is 420 g/mol. The van der Waals surface area contributed by atoms with Crippen molar-refractivity contribution in [2.45, 2.75) is 38.3 Å². The van der Waals surface area contributed by atoms with E-state index >= 15 is 0 Å². The van der Waals surface area contributed by atoms with E-state index in [9.17, 15) is 19.5 Å². The lowest BCUT2D eigenvalue weighted by Gasteiger charge is -2.39. The van der Waals surface area contributed by atoms with Crippen molar-refractivity contribution in [2.75, 3.05) is 0 Å². The van der Waals surface area contributed by atoms with E-state index in [1.165, 1.54) is 4.90 Å². The molecule has 2 heterocycles. The average Bonchev–Trinajstić information content (AvgIpc) is 3.34. The molecule has 33 heavy (non-hydrogen) atoms. The minimum absolute atomic E-state index is 0.0439. The predicted octanol–water partition coefficient (Wildman–Crippen LogP) is 3.13. The molecule has 1 aliphatic heterocycles. The van der Waals surface area contributed by atoms with Crippen molar-refractivity contribution in [2.24, 2.45) is 24.6 Å². The maximum absolute atomic E-state index is 14.2. The van der Waals surface area contributed by atoms with E-state index < -0.39 is 35.3 Å². The minimum atomic E-state index is -1.60. The van der Waals surface area contributed by atoms with Crippen LogP contribution in [0.2, 0.25) is 0 Å². The molecule has 1 fully saturated rings. The summed E-state index contributed by atoms with van der Waals surface area (Å²) in [6, 6.07) is 11.9. The van der Waals surface area contributed by atoms with Crippen LogP contribution in [0.3, 0.4) is 0 Å². The van der Waals surface area contributed by atoms with E-state index in [-0.39, 0.29) is 18.8 Å². The SMILES string of the molecule is CC(C)CC1(C(=O)O)CC(C(N)=O)C(c2nccn2C)N1C(=O)c1cccc2ccccc12. The van der Waals surface area contributed by atoms with Gasteiger partial charge in [0, 0.05) is 25.0 Å². The second-order valence-corrected chi connectivity index (χ2v) is 9.19. The van der Waals surface area contributed by atoms with Gasteiger partial charge in [-0.2, -0.15) is 0 Å². The molecule has 1 saturated heterocycles. The van der Waals surface area contributed by atoms with Crippen molar-refractivity contribution in [3.8, 4) is 0 Å². The van der Waals surface area contributed by atoms with Crippen molar-refractivity contribution < 1.29 is 19.5 Å². The molecule has 0 spiro atoms.